The molecule has 0 atom stereocenters. The number of carboxylic acid groups (broad SMARTS) is 1. The molecule has 3 rings (SSSR count). The molecule has 0 saturated carbocycles. The second kappa shape index (κ2) is 5.72. The van der Waals surface area contributed by atoms with E-state index in [0.717, 1.165) is 10.8 Å². The number of carbonyl (C=O) groups excluding carboxylic acids is 1. The van der Waals surface area contributed by atoms with Gasteiger partial charge in [-0.3, -0.25) is 14.7 Å². The number of fused-ring (bicyclic) bond motifs is 1. The molecule has 1 aromatic carbocycles. The number of para-hydroxylation sites is 1. The third-order valence-electron chi connectivity index (χ3n) is 3.26. The Kier molecular flexibility index (Phi) is 3.60. The molecule has 114 valence electrons. The number of aromatic carboxylic acids is 1. The molecule has 0 aliphatic heterocycles. The van der Waals surface area contributed by atoms with E-state index in [2.05, 4.69) is 10.3 Å². The van der Waals surface area contributed by atoms with E-state index in [9.17, 15) is 14.4 Å². The van der Waals surface area contributed by atoms with E-state index in [1.54, 1.807) is 36.4 Å². The summed E-state index contributed by atoms with van der Waals surface area (Å²) >= 11 is 0. The van der Waals surface area contributed by atoms with Crippen molar-refractivity contribution in [3.8, 4) is 0 Å². The molecule has 0 spiro atoms. The van der Waals surface area contributed by atoms with Crippen LogP contribution in [-0.4, -0.2) is 26.7 Å². The fraction of sp³-hybridized carbons (Fsp3) is 0. The highest BCUT2D eigenvalue weighted by molar-refractivity contribution is 6.00. The van der Waals surface area contributed by atoms with Crippen LogP contribution in [0.2, 0.25) is 0 Å². The van der Waals surface area contributed by atoms with Gasteiger partial charge in [-0.1, -0.05) is 18.2 Å². The van der Waals surface area contributed by atoms with E-state index in [4.69, 9.17) is 5.11 Å². The van der Waals surface area contributed by atoms with Crippen LogP contribution >= 0.6 is 0 Å². The average Bonchev–Trinajstić information content (AvgIpc) is 2.56. The van der Waals surface area contributed by atoms with Gasteiger partial charge in [0.25, 0.3) is 0 Å². The second-order valence-corrected chi connectivity index (χ2v) is 4.71. The number of carboxylic acids is 1. The van der Waals surface area contributed by atoms with E-state index in [1.165, 1.54) is 12.3 Å². The van der Waals surface area contributed by atoms with Gasteiger partial charge in [0.15, 0.2) is 0 Å². The molecule has 2 N–H and O–H groups in total. The third-order valence-corrected chi connectivity index (χ3v) is 3.26. The minimum absolute atomic E-state index is 0.156. The Labute approximate surface area is 129 Å². The number of anilines is 1. The molecule has 0 saturated heterocycles. The molecule has 7 nitrogen and oxygen atoms in total. The fourth-order valence-corrected chi connectivity index (χ4v) is 2.20. The summed E-state index contributed by atoms with van der Waals surface area (Å²) < 4.78 is 1.09. The number of hydrogen-bond donors (Lipinski definition) is 2. The Bertz CT molecular complexity index is 964. The first-order valence-corrected chi connectivity index (χ1v) is 6.68. The quantitative estimate of drug-likeness (QED) is 0.755. The number of pyridine rings is 2. The monoisotopic (exact) mass is 309 g/mol. The maximum Gasteiger partial charge on any atom is 0.341 e. The highest BCUT2D eigenvalue weighted by Gasteiger charge is 2.17. The number of benzene rings is 1. The smallest absolute Gasteiger partial charge is 0.341 e. The summed E-state index contributed by atoms with van der Waals surface area (Å²) in [4.78, 5) is 39.8. The van der Waals surface area contributed by atoms with Gasteiger partial charge in [-0.2, -0.15) is 0 Å². The fourth-order valence-electron chi connectivity index (χ4n) is 2.20. The summed E-state index contributed by atoms with van der Waals surface area (Å²) in [6.45, 7) is 0. The van der Waals surface area contributed by atoms with Crippen molar-refractivity contribution in [2.24, 2.45) is 0 Å². The van der Waals surface area contributed by atoms with Gasteiger partial charge in [0.05, 0.1) is 5.52 Å². The van der Waals surface area contributed by atoms with Crippen LogP contribution in [0.15, 0.2) is 59.7 Å². The van der Waals surface area contributed by atoms with Crippen molar-refractivity contribution in [2.75, 3.05) is 5.32 Å². The van der Waals surface area contributed by atoms with Crippen molar-refractivity contribution >= 4 is 28.7 Å². The van der Waals surface area contributed by atoms with Gasteiger partial charge in [-0.15, -0.1) is 0 Å². The van der Waals surface area contributed by atoms with Crippen molar-refractivity contribution in [1.82, 2.24) is 9.55 Å². The van der Waals surface area contributed by atoms with Crippen LogP contribution in [0, 0.1) is 0 Å². The van der Waals surface area contributed by atoms with Gasteiger partial charge in [-0.05, 0) is 24.3 Å². The highest BCUT2D eigenvalue weighted by atomic mass is 16.4. The second-order valence-electron chi connectivity index (χ2n) is 4.71. The van der Waals surface area contributed by atoms with Crippen LogP contribution in [0.4, 0.5) is 10.6 Å². The van der Waals surface area contributed by atoms with E-state index in [1.807, 2.05) is 0 Å². The Morgan fingerprint density at radius 3 is 2.52 bits per heavy atom. The lowest BCUT2D eigenvalue weighted by Crippen LogP contribution is -2.26. The largest absolute Gasteiger partial charge is 0.477 e. The zero-order valence-electron chi connectivity index (χ0n) is 11.8. The molecule has 0 bridgehead atoms. The Morgan fingerprint density at radius 1 is 1.09 bits per heavy atom. The van der Waals surface area contributed by atoms with E-state index in [-0.39, 0.29) is 5.39 Å². The van der Waals surface area contributed by atoms with Gasteiger partial charge in [0, 0.05) is 17.8 Å². The molecule has 2 aromatic heterocycles. The number of amides is 1. The highest BCUT2D eigenvalue weighted by Crippen LogP contribution is 2.13. The molecular weight excluding hydrogens is 298 g/mol. The first-order valence-electron chi connectivity index (χ1n) is 6.68. The summed E-state index contributed by atoms with van der Waals surface area (Å²) in [5.74, 6) is -1.07. The SMILES string of the molecule is O=C(O)c1cn(C(=O)Nc2ccccn2)c2ccccc2c1=O. The first-order chi connectivity index (χ1) is 11.1. The predicted molar refractivity (Wildman–Crippen MR) is 83.8 cm³/mol. The summed E-state index contributed by atoms with van der Waals surface area (Å²) in [7, 11) is 0. The molecule has 0 unspecified atom stereocenters. The maximum atomic E-state index is 12.4. The summed E-state index contributed by atoms with van der Waals surface area (Å²) in [6.07, 6.45) is 2.53. The number of nitrogens with zero attached hydrogens (tertiary/aromatic N) is 2. The van der Waals surface area contributed by atoms with Crippen LogP contribution in [0.25, 0.3) is 10.9 Å². The molecule has 23 heavy (non-hydrogen) atoms. The molecule has 0 aliphatic carbocycles. The zero-order chi connectivity index (χ0) is 16.4. The number of aromatic nitrogens is 2. The lowest BCUT2D eigenvalue weighted by molar-refractivity contribution is 0.0695. The van der Waals surface area contributed by atoms with Crippen LogP contribution in [0.3, 0.4) is 0 Å². The lowest BCUT2D eigenvalue weighted by atomic mass is 10.1. The lowest BCUT2D eigenvalue weighted by Gasteiger charge is -2.11. The van der Waals surface area contributed by atoms with Crippen LogP contribution in [0.1, 0.15) is 10.4 Å². The molecule has 7 heteroatoms. The first kappa shape index (κ1) is 14.5. The van der Waals surface area contributed by atoms with Crippen LogP contribution in [-0.2, 0) is 0 Å². The number of carbonyl (C=O) groups is 2. The Balaban J connectivity index is 2.16. The van der Waals surface area contributed by atoms with Crippen molar-refractivity contribution in [2.45, 2.75) is 0 Å². The number of rotatable bonds is 2. The Hall–Kier alpha value is -3.48. The topological polar surface area (TPSA) is 101 Å². The number of nitrogens with one attached hydrogen (secondary N) is 1. The van der Waals surface area contributed by atoms with Crippen molar-refractivity contribution in [1.29, 1.82) is 0 Å². The zero-order valence-corrected chi connectivity index (χ0v) is 11.8. The predicted octanol–water partition coefficient (Wildman–Crippen LogP) is 2.17. The van der Waals surface area contributed by atoms with E-state index in [0.29, 0.717) is 11.3 Å². The van der Waals surface area contributed by atoms with E-state index < -0.39 is 23.0 Å². The van der Waals surface area contributed by atoms with Crippen LogP contribution in [0.5, 0.6) is 0 Å². The van der Waals surface area contributed by atoms with Gasteiger partial charge in [0.2, 0.25) is 5.43 Å². The molecule has 0 radical (unpaired) electrons. The minimum Gasteiger partial charge on any atom is -0.477 e. The van der Waals surface area contributed by atoms with E-state index >= 15 is 0 Å². The normalized spacial score (nSPS) is 10.4. The van der Waals surface area contributed by atoms with Gasteiger partial charge in [-0.25, -0.2) is 14.6 Å². The van der Waals surface area contributed by atoms with Crippen molar-refractivity contribution < 1.29 is 14.7 Å². The molecule has 2 heterocycles. The van der Waals surface area contributed by atoms with Gasteiger partial charge >= 0.3 is 12.0 Å². The summed E-state index contributed by atoms with van der Waals surface area (Å²) in [6, 6.07) is 10.7. The molecule has 0 aliphatic rings. The summed E-state index contributed by atoms with van der Waals surface area (Å²) in [5.41, 5.74) is -0.786. The van der Waals surface area contributed by atoms with Gasteiger partial charge in [0.1, 0.15) is 11.4 Å². The molecule has 1 amide bonds. The molecular formula is C16H11N3O4. The maximum absolute atomic E-state index is 12.4. The standard InChI is InChI=1S/C16H11N3O4/c20-14-10-5-1-2-6-12(10)19(9-11(14)15(21)22)16(23)18-13-7-3-4-8-17-13/h1-9H,(H,21,22)(H,17,18,23). The van der Waals surface area contributed by atoms with Crippen molar-refractivity contribution in [3.63, 3.8) is 0 Å². The average molecular weight is 309 g/mol. The molecule has 3 aromatic rings. The Morgan fingerprint density at radius 2 is 1.83 bits per heavy atom. The molecule has 0 fully saturated rings. The number of hydrogen-bond acceptors (Lipinski definition) is 4. The minimum atomic E-state index is -1.39. The third kappa shape index (κ3) is 2.67. The van der Waals surface area contributed by atoms with Gasteiger partial charge < -0.3 is 5.11 Å². The van der Waals surface area contributed by atoms with Crippen molar-refractivity contribution in [3.05, 3.63) is 70.6 Å². The summed E-state index contributed by atoms with van der Waals surface area (Å²) in [5, 5.41) is 11.9. The van der Waals surface area contributed by atoms with Crippen LogP contribution < -0.4 is 10.7 Å².